The van der Waals surface area contributed by atoms with Crippen molar-refractivity contribution in [2.45, 2.75) is 18.6 Å². The second-order valence-corrected chi connectivity index (χ2v) is 4.30. The number of halogens is 3. The molecule has 0 radical (unpaired) electrons. The number of alkyl halides is 3. The first-order chi connectivity index (χ1) is 8.79. The Balaban J connectivity index is 2.17. The van der Waals surface area contributed by atoms with Gasteiger partial charge in [-0.2, -0.15) is 13.2 Å². The molecule has 102 valence electrons. The standard InChI is InChI=1S/C12H11F3N2O2/c1-17-10(18)9(16-11(17)19)6-7-3-2-4-8(5-7)12(13,14)15/h2-5,9H,6H2,1H3,(H,16,19). The van der Waals surface area contributed by atoms with Crippen LogP contribution >= 0.6 is 0 Å². The van der Waals surface area contributed by atoms with Crippen LogP contribution in [-0.4, -0.2) is 29.9 Å². The lowest BCUT2D eigenvalue weighted by atomic mass is 10.0. The van der Waals surface area contributed by atoms with Crippen molar-refractivity contribution in [3.8, 4) is 0 Å². The second-order valence-electron chi connectivity index (χ2n) is 4.30. The van der Waals surface area contributed by atoms with Crippen molar-refractivity contribution in [2.24, 2.45) is 0 Å². The minimum absolute atomic E-state index is 0.0405. The summed E-state index contributed by atoms with van der Waals surface area (Å²) in [4.78, 5) is 23.8. The largest absolute Gasteiger partial charge is 0.416 e. The molecule has 1 unspecified atom stereocenters. The summed E-state index contributed by atoms with van der Waals surface area (Å²) in [7, 11) is 1.32. The molecule has 1 fully saturated rings. The van der Waals surface area contributed by atoms with Crippen LogP contribution in [0, 0.1) is 0 Å². The number of rotatable bonds is 2. The van der Waals surface area contributed by atoms with E-state index in [0.717, 1.165) is 17.0 Å². The van der Waals surface area contributed by atoms with E-state index >= 15 is 0 Å². The molecule has 0 spiro atoms. The summed E-state index contributed by atoms with van der Waals surface area (Å²) in [5.74, 6) is -0.442. The zero-order valence-corrected chi connectivity index (χ0v) is 9.99. The zero-order valence-electron chi connectivity index (χ0n) is 9.99. The summed E-state index contributed by atoms with van der Waals surface area (Å²) in [6.07, 6.45) is -4.38. The number of imide groups is 1. The Morgan fingerprint density at radius 1 is 1.32 bits per heavy atom. The van der Waals surface area contributed by atoms with Crippen LogP contribution in [0.3, 0.4) is 0 Å². The zero-order chi connectivity index (χ0) is 14.2. The maximum absolute atomic E-state index is 12.5. The van der Waals surface area contributed by atoms with Gasteiger partial charge in [-0.3, -0.25) is 9.69 Å². The molecule has 2 rings (SSSR count). The second kappa shape index (κ2) is 4.56. The molecule has 0 aliphatic carbocycles. The summed E-state index contributed by atoms with van der Waals surface area (Å²) in [5, 5.41) is 2.42. The third-order valence-corrected chi connectivity index (χ3v) is 2.93. The molecule has 1 aromatic rings. The molecule has 4 nitrogen and oxygen atoms in total. The van der Waals surface area contributed by atoms with E-state index in [4.69, 9.17) is 0 Å². The number of benzene rings is 1. The van der Waals surface area contributed by atoms with Crippen LogP contribution in [-0.2, 0) is 17.4 Å². The highest BCUT2D eigenvalue weighted by molar-refractivity contribution is 6.03. The van der Waals surface area contributed by atoms with E-state index in [-0.39, 0.29) is 6.42 Å². The Kier molecular flexibility index (Phi) is 3.21. The van der Waals surface area contributed by atoms with Crippen molar-refractivity contribution in [3.63, 3.8) is 0 Å². The average Bonchev–Trinajstić information content (AvgIpc) is 2.56. The Morgan fingerprint density at radius 2 is 2.00 bits per heavy atom. The first-order valence-electron chi connectivity index (χ1n) is 5.53. The van der Waals surface area contributed by atoms with Crippen molar-refractivity contribution in [1.82, 2.24) is 10.2 Å². The van der Waals surface area contributed by atoms with Gasteiger partial charge < -0.3 is 5.32 Å². The van der Waals surface area contributed by atoms with E-state index in [9.17, 15) is 22.8 Å². The average molecular weight is 272 g/mol. The smallest absolute Gasteiger partial charge is 0.325 e. The summed E-state index contributed by atoms with van der Waals surface area (Å²) >= 11 is 0. The Bertz CT molecular complexity index is 528. The SMILES string of the molecule is CN1C(=O)NC(Cc2cccc(C(F)(F)F)c2)C1=O. The first kappa shape index (κ1) is 13.4. The molecule has 0 bridgehead atoms. The van der Waals surface area contributed by atoms with Gasteiger partial charge in [0, 0.05) is 13.5 Å². The van der Waals surface area contributed by atoms with Crippen molar-refractivity contribution in [3.05, 3.63) is 35.4 Å². The summed E-state index contributed by atoms with van der Waals surface area (Å²) < 4.78 is 37.6. The molecule has 0 aromatic heterocycles. The number of nitrogens with zero attached hydrogens (tertiary/aromatic N) is 1. The van der Waals surface area contributed by atoms with Crippen molar-refractivity contribution in [1.29, 1.82) is 0 Å². The lowest BCUT2D eigenvalue weighted by molar-refractivity contribution is -0.137. The topological polar surface area (TPSA) is 49.4 Å². The molecule has 1 saturated heterocycles. The van der Waals surface area contributed by atoms with Crippen LogP contribution in [0.15, 0.2) is 24.3 Å². The molecule has 19 heavy (non-hydrogen) atoms. The molecule has 1 N–H and O–H groups in total. The van der Waals surface area contributed by atoms with Gasteiger partial charge in [0.2, 0.25) is 0 Å². The minimum Gasteiger partial charge on any atom is -0.325 e. The maximum atomic E-state index is 12.5. The predicted octanol–water partition coefficient (Wildman–Crippen LogP) is 1.80. The third-order valence-electron chi connectivity index (χ3n) is 2.93. The van der Waals surface area contributed by atoms with Crippen LogP contribution in [0.25, 0.3) is 0 Å². The van der Waals surface area contributed by atoms with Gasteiger partial charge in [0.15, 0.2) is 0 Å². The van der Waals surface area contributed by atoms with Gasteiger partial charge in [0.25, 0.3) is 5.91 Å². The summed E-state index contributed by atoms with van der Waals surface area (Å²) in [6.45, 7) is 0. The fourth-order valence-corrected chi connectivity index (χ4v) is 1.89. The fraction of sp³-hybridized carbons (Fsp3) is 0.333. The van der Waals surface area contributed by atoms with Crippen LogP contribution in [0.1, 0.15) is 11.1 Å². The monoisotopic (exact) mass is 272 g/mol. The van der Waals surface area contributed by atoms with E-state index in [2.05, 4.69) is 5.32 Å². The number of carbonyl (C=O) groups excluding carboxylic acids is 2. The molecule has 1 aliphatic heterocycles. The predicted molar refractivity (Wildman–Crippen MR) is 60.2 cm³/mol. The van der Waals surface area contributed by atoms with Gasteiger partial charge in [-0.15, -0.1) is 0 Å². The Labute approximate surface area is 107 Å². The number of likely N-dealkylation sites (N-methyl/N-ethyl adjacent to an activating group) is 1. The lowest BCUT2D eigenvalue weighted by Crippen LogP contribution is -2.31. The normalized spacial score (nSPS) is 19.8. The molecule has 7 heteroatoms. The van der Waals surface area contributed by atoms with E-state index in [1.807, 2.05) is 0 Å². The van der Waals surface area contributed by atoms with Crippen LogP contribution in [0.5, 0.6) is 0 Å². The lowest BCUT2D eigenvalue weighted by Gasteiger charge is -2.11. The maximum Gasteiger partial charge on any atom is 0.416 e. The Morgan fingerprint density at radius 3 is 2.53 bits per heavy atom. The number of hydrogen-bond acceptors (Lipinski definition) is 2. The van der Waals surface area contributed by atoms with E-state index in [1.165, 1.54) is 19.2 Å². The molecule has 0 saturated carbocycles. The van der Waals surface area contributed by atoms with E-state index < -0.39 is 29.7 Å². The summed E-state index contributed by atoms with van der Waals surface area (Å²) in [6, 6.07) is 3.38. The van der Waals surface area contributed by atoms with Crippen molar-refractivity contribution >= 4 is 11.9 Å². The van der Waals surface area contributed by atoms with Gasteiger partial charge in [-0.05, 0) is 11.6 Å². The fourth-order valence-electron chi connectivity index (χ4n) is 1.89. The minimum atomic E-state index is -4.42. The first-order valence-corrected chi connectivity index (χ1v) is 5.53. The van der Waals surface area contributed by atoms with Gasteiger partial charge in [-0.1, -0.05) is 18.2 Å². The molecule has 1 heterocycles. The summed E-state index contributed by atoms with van der Waals surface area (Å²) in [5.41, 5.74) is -0.418. The van der Waals surface area contributed by atoms with Crippen molar-refractivity contribution in [2.75, 3.05) is 7.05 Å². The van der Waals surface area contributed by atoms with E-state index in [1.54, 1.807) is 0 Å². The third kappa shape index (κ3) is 2.69. The molecule has 1 atom stereocenters. The highest BCUT2D eigenvalue weighted by Crippen LogP contribution is 2.29. The highest BCUT2D eigenvalue weighted by Gasteiger charge is 2.36. The Hall–Kier alpha value is -2.05. The van der Waals surface area contributed by atoms with Gasteiger partial charge >= 0.3 is 12.2 Å². The van der Waals surface area contributed by atoms with Gasteiger partial charge in [0.05, 0.1) is 5.56 Å². The number of hydrogen-bond donors (Lipinski definition) is 1. The molecular weight excluding hydrogens is 261 g/mol. The molecule has 3 amide bonds. The van der Waals surface area contributed by atoms with Crippen molar-refractivity contribution < 1.29 is 22.8 Å². The van der Waals surface area contributed by atoms with Gasteiger partial charge in [0.1, 0.15) is 6.04 Å². The number of carbonyl (C=O) groups is 2. The quantitative estimate of drug-likeness (QED) is 0.834. The number of nitrogens with one attached hydrogen (secondary N) is 1. The molecule has 1 aromatic carbocycles. The number of amides is 3. The van der Waals surface area contributed by atoms with Crippen LogP contribution in [0.4, 0.5) is 18.0 Å². The molecule has 1 aliphatic rings. The van der Waals surface area contributed by atoms with Crippen LogP contribution in [0.2, 0.25) is 0 Å². The molecular formula is C12H11F3N2O2. The number of urea groups is 1. The van der Waals surface area contributed by atoms with E-state index in [0.29, 0.717) is 5.56 Å². The highest BCUT2D eigenvalue weighted by atomic mass is 19.4. The van der Waals surface area contributed by atoms with Crippen LogP contribution < -0.4 is 5.32 Å². The van der Waals surface area contributed by atoms with Gasteiger partial charge in [-0.25, -0.2) is 4.79 Å².